The first-order valence-corrected chi connectivity index (χ1v) is 7.39. The van der Waals surface area contributed by atoms with Gasteiger partial charge in [-0.2, -0.15) is 5.10 Å². The van der Waals surface area contributed by atoms with Gasteiger partial charge in [0.1, 0.15) is 0 Å². The zero-order valence-corrected chi connectivity index (χ0v) is 12.9. The van der Waals surface area contributed by atoms with E-state index in [1.54, 1.807) is 29.1 Å². The lowest BCUT2D eigenvalue weighted by Gasteiger charge is -2.07. The molecular weight excluding hydrogens is 308 g/mol. The molecule has 24 heavy (non-hydrogen) atoms. The maximum Gasteiger partial charge on any atom is 0.259 e. The van der Waals surface area contributed by atoms with Crippen molar-refractivity contribution < 1.29 is 14.3 Å². The summed E-state index contributed by atoms with van der Waals surface area (Å²) in [7, 11) is 0. The number of benzene rings is 1. The molecule has 0 unspecified atom stereocenters. The van der Waals surface area contributed by atoms with Gasteiger partial charge in [-0.3, -0.25) is 4.79 Å². The van der Waals surface area contributed by atoms with Crippen LogP contribution in [0.4, 0.5) is 5.69 Å². The number of ether oxygens (including phenoxy) is 2. The average Bonchev–Trinajstić information content (AvgIpc) is 3.21. The third-order valence-corrected chi connectivity index (χ3v) is 3.75. The SMILES string of the molecule is Cc1c(C(=O)Nc2ccc3c(c2)OCO3)cnn1-c1ccccn1. The Morgan fingerprint density at radius 3 is 2.92 bits per heavy atom. The van der Waals surface area contributed by atoms with Crippen molar-refractivity contribution in [2.75, 3.05) is 12.1 Å². The number of anilines is 1. The third kappa shape index (κ3) is 2.45. The van der Waals surface area contributed by atoms with Gasteiger partial charge in [0.15, 0.2) is 17.3 Å². The van der Waals surface area contributed by atoms with E-state index in [1.165, 1.54) is 6.20 Å². The molecule has 0 fully saturated rings. The number of carbonyl (C=O) groups is 1. The number of amides is 1. The zero-order valence-electron chi connectivity index (χ0n) is 12.9. The Morgan fingerprint density at radius 1 is 1.21 bits per heavy atom. The number of hydrogen-bond donors (Lipinski definition) is 1. The number of rotatable bonds is 3. The minimum absolute atomic E-state index is 0.197. The van der Waals surface area contributed by atoms with Gasteiger partial charge < -0.3 is 14.8 Å². The van der Waals surface area contributed by atoms with Crippen LogP contribution >= 0.6 is 0 Å². The molecule has 7 nitrogen and oxygen atoms in total. The first-order valence-electron chi connectivity index (χ1n) is 7.39. The molecule has 0 bridgehead atoms. The number of pyridine rings is 1. The van der Waals surface area contributed by atoms with Crippen LogP contribution in [0.5, 0.6) is 11.5 Å². The van der Waals surface area contributed by atoms with Crippen LogP contribution in [0.2, 0.25) is 0 Å². The highest BCUT2D eigenvalue weighted by Crippen LogP contribution is 2.34. The second kappa shape index (κ2) is 5.69. The van der Waals surface area contributed by atoms with Crippen molar-refractivity contribution in [3.05, 3.63) is 60.0 Å². The summed E-state index contributed by atoms with van der Waals surface area (Å²) in [5.41, 5.74) is 1.83. The molecular formula is C17H14N4O3. The molecule has 0 radical (unpaired) electrons. The Kier molecular flexibility index (Phi) is 3.38. The first-order chi connectivity index (χ1) is 11.7. The maximum atomic E-state index is 12.5. The van der Waals surface area contributed by atoms with Gasteiger partial charge in [0.05, 0.1) is 17.5 Å². The van der Waals surface area contributed by atoms with E-state index in [0.29, 0.717) is 34.3 Å². The summed E-state index contributed by atoms with van der Waals surface area (Å²) in [6.07, 6.45) is 3.22. The van der Waals surface area contributed by atoms with E-state index >= 15 is 0 Å². The smallest absolute Gasteiger partial charge is 0.259 e. The largest absolute Gasteiger partial charge is 0.454 e. The van der Waals surface area contributed by atoms with E-state index in [4.69, 9.17) is 9.47 Å². The highest BCUT2D eigenvalue weighted by atomic mass is 16.7. The van der Waals surface area contributed by atoms with Gasteiger partial charge in [0, 0.05) is 18.0 Å². The van der Waals surface area contributed by atoms with Crippen LogP contribution in [-0.2, 0) is 0 Å². The predicted octanol–water partition coefficient (Wildman–Crippen LogP) is 2.56. The van der Waals surface area contributed by atoms with Gasteiger partial charge in [-0.15, -0.1) is 0 Å². The Labute approximate surface area is 137 Å². The van der Waals surface area contributed by atoms with Gasteiger partial charge in [0.25, 0.3) is 5.91 Å². The second-order valence-corrected chi connectivity index (χ2v) is 5.27. The maximum absolute atomic E-state index is 12.5. The Morgan fingerprint density at radius 2 is 2.08 bits per heavy atom. The Bertz CT molecular complexity index is 905. The van der Waals surface area contributed by atoms with Crippen LogP contribution in [0.1, 0.15) is 16.1 Å². The van der Waals surface area contributed by atoms with Crippen LogP contribution in [0.3, 0.4) is 0 Å². The summed E-state index contributed by atoms with van der Waals surface area (Å²) < 4.78 is 12.2. The minimum Gasteiger partial charge on any atom is -0.454 e. The molecule has 7 heteroatoms. The van der Waals surface area contributed by atoms with Crippen LogP contribution in [-0.4, -0.2) is 27.5 Å². The fraction of sp³-hybridized carbons (Fsp3) is 0.118. The van der Waals surface area contributed by atoms with Crippen LogP contribution in [0.25, 0.3) is 5.82 Å². The van der Waals surface area contributed by atoms with Gasteiger partial charge in [-0.25, -0.2) is 9.67 Å². The summed E-state index contributed by atoms with van der Waals surface area (Å²) in [5, 5.41) is 7.10. The molecule has 0 atom stereocenters. The van der Waals surface area contributed by atoms with E-state index in [9.17, 15) is 4.79 Å². The minimum atomic E-state index is -0.242. The molecule has 0 spiro atoms. The van der Waals surface area contributed by atoms with E-state index in [0.717, 1.165) is 0 Å². The van der Waals surface area contributed by atoms with Gasteiger partial charge >= 0.3 is 0 Å². The van der Waals surface area contributed by atoms with Crippen molar-refractivity contribution in [2.24, 2.45) is 0 Å². The molecule has 1 amide bonds. The summed E-state index contributed by atoms with van der Waals surface area (Å²) in [6.45, 7) is 2.03. The number of nitrogens with one attached hydrogen (secondary N) is 1. The van der Waals surface area contributed by atoms with Crippen molar-refractivity contribution in [1.29, 1.82) is 0 Å². The monoisotopic (exact) mass is 322 g/mol. The average molecular weight is 322 g/mol. The third-order valence-electron chi connectivity index (χ3n) is 3.75. The number of carbonyl (C=O) groups excluding carboxylic acids is 1. The number of nitrogens with zero attached hydrogens (tertiary/aromatic N) is 3. The molecule has 3 heterocycles. The molecule has 0 saturated carbocycles. The second-order valence-electron chi connectivity index (χ2n) is 5.27. The lowest BCUT2D eigenvalue weighted by atomic mass is 10.2. The molecule has 4 rings (SSSR count). The summed E-state index contributed by atoms with van der Waals surface area (Å²) in [6, 6.07) is 10.8. The van der Waals surface area contributed by atoms with Crippen molar-refractivity contribution in [3.8, 4) is 17.3 Å². The molecule has 1 aliphatic rings. The van der Waals surface area contributed by atoms with Crippen LogP contribution in [0, 0.1) is 6.92 Å². The van der Waals surface area contributed by atoms with Crippen molar-refractivity contribution in [1.82, 2.24) is 14.8 Å². The number of fused-ring (bicyclic) bond motifs is 1. The first kappa shape index (κ1) is 14.3. The van der Waals surface area contributed by atoms with Gasteiger partial charge in [0.2, 0.25) is 6.79 Å². The lowest BCUT2D eigenvalue weighted by molar-refractivity contribution is 0.102. The molecule has 1 aromatic carbocycles. The number of aromatic nitrogens is 3. The molecule has 2 aromatic heterocycles. The standard InChI is InChI=1S/C17H14N4O3/c1-11-13(9-19-21(11)16-4-2-3-7-18-16)17(22)20-12-5-6-14-15(8-12)24-10-23-14/h2-9H,10H2,1H3,(H,20,22). The molecule has 1 aliphatic heterocycles. The van der Waals surface area contributed by atoms with Crippen LogP contribution in [0.15, 0.2) is 48.8 Å². The number of hydrogen-bond acceptors (Lipinski definition) is 5. The van der Waals surface area contributed by atoms with Crippen molar-refractivity contribution in [2.45, 2.75) is 6.92 Å². The van der Waals surface area contributed by atoms with Gasteiger partial charge in [-0.1, -0.05) is 6.07 Å². The summed E-state index contributed by atoms with van der Waals surface area (Å²) in [4.78, 5) is 16.8. The predicted molar refractivity (Wildman–Crippen MR) is 86.6 cm³/mol. The normalized spacial score (nSPS) is 12.2. The topological polar surface area (TPSA) is 78.3 Å². The molecule has 0 aliphatic carbocycles. The quantitative estimate of drug-likeness (QED) is 0.802. The van der Waals surface area contributed by atoms with E-state index in [1.807, 2.05) is 25.1 Å². The van der Waals surface area contributed by atoms with Crippen molar-refractivity contribution >= 4 is 11.6 Å². The fourth-order valence-corrected chi connectivity index (χ4v) is 2.52. The molecule has 120 valence electrons. The van der Waals surface area contributed by atoms with Gasteiger partial charge in [-0.05, 0) is 31.2 Å². The van der Waals surface area contributed by atoms with Crippen LogP contribution < -0.4 is 14.8 Å². The zero-order chi connectivity index (χ0) is 16.5. The van der Waals surface area contributed by atoms with E-state index in [-0.39, 0.29) is 12.7 Å². The molecule has 3 aromatic rings. The van der Waals surface area contributed by atoms with Crippen molar-refractivity contribution in [3.63, 3.8) is 0 Å². The van der Waals surface area contributed by atoms with E-state index < -0.39 is 0 Å². The summed E-state index contributed by atoms with van der Waals surface area (Å²) >= 11 is 0. The highest BCUT2D eigenvalue weighted by molar-refractivity contribution is 6.05. The highest BCUT2D eigenvalue weighted by Gasteiger charge is 2.18. The van der Waals surface area contributed by atoms with E-state index in [2.05, 4.69) is 15.4 Å². The molecule has 1 N–H and O–H groups in total. The Balaban J connectivity index is 1.58. The lowest BCUT2D eigenvalue weighted by Crippen LogP contribution is -2.13. The summed E-state index contributed by atoms with van der Waals surface area (Å²) in [5.74, 6) is 1.71. The Hall–Kier alpha value is -3.35. The fourth-order valence-electron chi connectivity index (χ4n) is 2.52. The molecule has 0 saturated heterocycles.